The van der Waals surface area contributed by atoms with Crippen molar-refractivity contribution >= 4 is 34.9 Å². The smallest absolute Gasteiger partial charge is 0.321 e. The highest BCUT2D eigenvalue weighted by Crippen LogP contribution is 2.25. The van der Waals surface area contributed by atoms with Crippen molar-refractivity contribution in [1.29, 1.82) is 0 Å². The number of ether oxygens (including phenoxy) is 1. The van der Waals surface area contributed by atoms with Crippen molar-refractivity contribution < 1.29 is 9.53 Å². The third kappa shape index (κ3) is 4.29. The maximum atomic E-state index is 12.2. The van der Waals surface area contributed by atoms with E-state index >= 15 is 0 Å². The predicted molar refractivity (Wildman–Crippen MR) is 89.9 cm³/mol. The number of urea groups is 1. The average Bonchev–Trinajstić information content (AvgIpc) is 2.50. The Labute approximate surface area is 139 Å². The summed E-state index contributed by atoms with van der Waals surface area (Å²) in [4.78, 5) is 13.7. The molecule has 2 aromatic rings. The van der Waals surface area contributed by atoms with Crippen LogP contribution in [0.4, 0.5) is 10.5 Å². The molecule has 0 unspecified atom stereocenters. The number of carbonyl (C=O) groups is 1. The molecule has 116 valence electrons. The molecule has 0 atom stereocenters. The third-order valence-corrected chi connectivity index (χ3v) is 3.65. The molecule has 0 aliphatic heterocycles. The lowest BCUT2D eigenvalue weighted by Gasteiger charge is -2.18. The Kier molecular flexibility index (Phi) is 5.52. The largest absolute Gasteiger partial charge is 0.497 e. The molecule has 0 fully saturated rings. The van der Waals surface area contributed by atoms with Crippen LogP contribution in [-0.2, 0) is 6.54 Å². The highest BCUT2D eigenvalue weighted by atomic mass is 35.5. The Balaban J connectivity index is 1.99. The van der Waals surface area contributed by atoms with Gasteiger partial charge in [0.2, 0.25) is 0 Å². The number of carbonyl (C=O) groups excluding carboxylic acids is 1. The summed E-state index contributed by atoms with van der Waals surface area (Å²) in [5.74, 6) is 0.781. The Morgan fingerprint density at radius 3 is 2.45 bits per heavy atom. The highest BCUT2D eigenvalue weighted by molar-refractivity contribution is 6.36. The van der Waals surface area contributed by atoms with Crippen LogP contribution in [0.25, 0.3) is 0 Å². The van der Waals surface area contributed by atoms with E-state index in [0.29, 0.717) is 22.3 Å². The Hall–Kier alpha value is -1.91. The van der Waals surface area contributed by atoms with Crippen molar-refractivity contribution in [2.45, 2.75) is 6.54 Å². The molecule has 0 saturated carbocycles. The minimum absolute atomic E-state index is 0.250. The summed E-state index contributed by atoms with van der Waals surface area (Å²) in [6.45, 7) is 0.473. The van der Waals surface area contributed by atoms with Crippen LogP contribution in [0, 0.1) is 0 Å². The Morgan fingerprint density at radius 1 is 1.18 bits per heavy atom. The lowest BCUT2D eigenvalue weighted by Crippen LogP contribution is -2.30. The maximum Gasteiger partial charge on any atom is 0.321 e. The number of hydrogen-bond acceptors (Lipinski definition) is 2. The zero-order valence-corrected chi connectivity index (χ0v) is 13.8. The van der Waals surface area contributed by atoms with Crippen LogP contribution in [-0.4, -0.2) is 25.1 Å². The van der Waals surface area contributed by atoms with E-state index in [2.05, 4.69) is 5.32 Å². The molecular formula is C16H16Cl2N2O2. The minimum Gasteiger partial charge on any atom is -0.497 e. The quantitative estimate of drug-likeness (QED) is 0.880. The van der Waals surface area contributed by atoms with E-state index in [1.165, 1.54) is 0 Å². The van der Waals surface area contributed by atoms with Crippen molar-refractivity contribution in [3.63, 3.8) is 0 Å². The van der Waals surface area contributed by atoms with Crippen molar-refractivity contribution in [3.05, 3.63) is 58.1 Å². The van der Waals surface area contributed by atoms with Gasteiger partial charge < -0.3 is 15.0 Å². The van der Waals surface area contributed by atoms with E-state index in [9.17, 15) is 4.79 Å². The van der Waals surface area contributed by atoms with Gasteiger partial charge in [-0.15, -0.1) is 0 Å². The summed E-state index contributed by atoms with van der Waals surface area (Å²) < 4.78 is 5.11. The van der Waals surface area contributed by atoms with Crippen LogP contribution < -0.4 is 10.1 Å². The molecule has 0 heterocycles. The van der Waals surface area contributed by atoms with Crippen LogP contribution in [0.5, 0.6) is 5.75 Å². The van der Waals surface area contributed by atoms with E-state index in [4.69, 9.17) is 27.9 Å². The van der Waals surface area contributed by atoms with Gasteiger partial charge in [0.1, 0.15) is 5.75 Å². The van der Waals surface area contributed by atoms with Crippen molar-refractivity contribution in [1.82, 2.24) is 4.90 Å². The molecule has 0 aliphatic carbocycles. The summed E-state index contributed by atoms with van der Waals surface area (Å²) >= 11 is 11.9. The number of methoxy groups -OCH3 is 1. The second-order valence-electron chi connectivity index (χ2n) is 4.76. The van der Waals surface area contributed by atoms with Crippen molar-refractivity contribution in [2.75, 3.05) is 19.5 Å². The molecule has 2 amide bonds. The number of hydrogen-bond donors (Lipinski definition) is 1. The lowest BCUT2D eigenvalue weighted by molar-refractivity contribution is 0.220. The Bertz CT molecular complexity index is 660. The van der Waals surface area contributed by atoms with Gasteiger partial charge in [-0.1, -0.05) is 35.3 Å². The van der Waals surface area contributed by atoms with Gasteiger partial charge in [-0.3, -0.25) is 0 Å². The standard InChI is InChI=1S/C16H16Cl2N2O2/c1-20(10-11-3-6-13(22-2)7-4-11)16(21)19-15-8-5-12(17)9-14(15)18/h3-9H,10H2,1-2H3,(H,19,21). The normalized spacial score (nSPS) is 10.2. The average molecular weight is 339 g/mol. The number of rotatable bonds is 4. The van der Waals surface area contributed by atoms with Gasteiger partial charge in [0.05, 0.1) is 17.8 Å². The molecule has 4 nitrogen and oxygen atoms in total. The van der Waals surface area contributed by atoms with E-state index < -0.39 is 0 Å². The molecule has 0 spiro atoms. The van der Waals surface area contributed by atoms with E-state index in [1.807, 2.05) is 24.3 Å². The summed E-state index contributed by atoms with van der Waals surface area (Å²) in [5, 5.41) is 3.68. The van der Waals surface area contributed by atoms with Gasteiger partial charge in [-0.2, -0.15) is 0 Å². The lowest BCUT2D eigenvalue weighted by atomic mass is 10.2. The molecule has 2 rings (SSSR count). The van der Waals surface area contributed by atoms with Gasteiger partial charge in [0, 0.05) is 18.6 Å². The molecule has 22 heavy (non-hydrogen) atoms. The molecule has 0 radical (unpaired) electrons. The molecule has 0 saturated heterocycles. The molecule has 6 heteroatoms. The molecule has 2 aromatic carbocycles. The molecular weight excluding hydrogens is 323 g/mol. The van der Waals surface area contributed by atoms with Gasteiger partial charge in [0.15, 0.2) is 0 Å². The summed E-state index contributed by atoms with van der Waals surface area (Å²) in [6, 6.07) is 12.2. The molecule has 0 aliphatic rings. The number of amides is 2. The fraction of sp³-hybridized carbons (Fsp3) is 0.188. The number of benzene rings is 2. The third-order valence-electron chi connectivity index (χ3n) is 3.10. The maximum absolute atomic E-state index is 12.2. The minimum atomic E-state index is -0.250. The van der Waals surface area contributed by atoms with Gasteiger partial charge in [0.25, 0.3) is 0 Å². The van der Waals surface area contributed by atoms with Crippen LogP contribution in [0.15, 0.2) is 42.5 Å². The van der Waals surface area contributed by atoms with Crippen molar-refractivity contribution in [2.24, 2.45) is 0 Å². The topological polar surface area (TPSA) is 41.6 Å². The zero-order valence-electron chi connectivity index (χ0n) is 12.3. The molecule has 1 N–H and O–H groups in total. The van der Waals surface area contributed by atoms with Gasteiger partial charge in [-0.05, 0) is 35.9 Å². The molecule has 0 bridgehead atoms. The van der Waals surface area contributed by atoms with E-state index in [0.717, 1.165) is 11.3 Å². The fourth-order valence-corrected chi connectivity index (χ4v) is 2.33. The highest BCUT2D eigenvalue weighted by Gasteiger charge is 2.11. The first-order valence-corrected chi connectivity index (χ1v) is 7.35. The fourth-order valence-electron chi connectivity index (χ4n) is 1.88. The van der Waals surface area contributed by atoms with Crippen molar-refractivity contribution in [3.8, 4) is 5.75 Å². The van der Waals surface area contributed by atoms with Crippen LogP contribution in [0.1, 0.15) is 5.56 Å². The number of halogens is 2. The number of nitrogens with zero attached hydrogens (tertiary/aromatic N) is 1. The van der Waals surface area contributed by atoms with E-state index in [-0.39, 0.29) is 6.03 Å². The SMILES string of the molecule is COc1ccc(CN(C)C(=O)Nc2ccc(Cl)cc2Cl)cc1. The first-order valence-electron chi connectivity index (χ1n) is 6.59. The first-order chi connectivity index (χ1) is 10.5. The number of nitrogens with one attached hydrogen (secondary N) is 1. The zero-order chi connectivity index (χ0) is 16.1. The van der Waals surface area contributed by atoms with Crippen LogP contribution in [0.2, 0.25) is 10.0 Å². The van der Waals surface area contributed by atoms with Gasteiger partial charge in [-0.25, -0.2) is 4.79 Å². The van der Waals surface area contributed by atoms with E-state index in [1.54, 1.807) is 37.3 Å². The van der Waals surface area contributed by atoms with Gasteiger partial charge >= 0.3 is 6.03 Å². The summed E-state index contributed by atoms with van der Waals surface area (Å²) in [5.41, 5.74) is 1.53. The van der Waals surface area contributed by atoms with Crippen LogP contribution >= 0.6 is 23.2 Å². The summed E-state index contributed by atoms with van der Waals surface area (Å²) in [7, 11) is 3.33. The second kappa shape index (κ2) is 7.38. The Morgan fingerprint density at radius 2 is 1.86 bits per heavy atom. The van der Waals surface area contributed by atoms with Crippen LogP contribution in [0.3, 0.4) is 0 Å². The monoisotopic (exact) mass is 338 g/mol. The summed E-state index contributed by atoms with van der Waals surface area (Å²) in [6.07, 6.45) is 0. The molecule has 0 aromatic heterocycles. The second-order valence-corrected chi connectivity index (χ2v) is 5.60. The predicted octanol–water partition coefficient (Wildman–Crippen LogP) is 4.67. The first kappa shape index (κ1) is 16.5. The number of anilines is 1.